The molecule has 1 heterocycles. The van der Waals surface area contributed by atoms with E-state index in [2.05, 4.69) is 15.5 Å². The molecular formula is C15H17Cl2N3O4S. The first-order valence-electron chi connectivity index (χ1n) is 7.42. The van der Waals surface area contributed by atoms with E-state index < -0.39 is 27.0 Å². The highest BCUT2D eigenvalue weighted by Crippen LogP contribution is 2.27. The van der Waals surface area contributed by atoms with Crippen molar-refractivity contribution in [3.63, 3.8) is 0 Å². The van der Waals surface area contributed by atoms with Crippen molar-refractivity contribution in [2.45, 2.75) is 31.5 Å². The minimum atomic E-state index is -3.63. The van der Waals surface area contributed by atoms with Gasteiger partial charge in [-0.15, -0.1) is 5.10 Å². The quantitative estimate of drug-likeness (QED) is 0.790. The maximum absolute atomic E-state index is 12.5. The highest BCUT2D eigenvalue weighted by molar-refractivity contribution is 7.90. The predicted molar refractivity (Wildman–Crippen MR) is 93.5 cm³/mol. The van der Waals surface area contributed by atoms with Crippen LogP contribution in [-0.2, 0) is 9.84 Å². The number of aromatic nitrogens is 2. The topological polar surface area (TPSA) is 102 Å². The van der Waals surface area contributed by atoms with Crippen LogP contribution < -0.4 is 5.32 Å². The number of nitrogens with one attached hydrogen (secondary N) is 1. The molecule has 0 saturated carbocycles. The van der Waals surface area contributed by atoms with Gasteiger partial charge < -0.3 is 9.73 Å². The van der Waals surface area contributed by atoms with Gasteiger partial charge in [-0.25, -0.2) is 8.42 Å². The second-order valence-electron chi connectivity index (χ2n) is 5.64. The number of hydrogen-bond acceptors (Lipinski definition) is 6. The molecule has 25 heavy (non-hydrogen) atoms. The summed E-state index contributed by atoms with van der Waals surface area (Å²) in [6.45, 7) is 3.80. The highest BCUT2D eigenvalue weighted by atomic mass is 35.5. The van der Waals surface area contributed by atoms with Gasteiger partial charge in [-0.2, -0.15) is 0 Å². The lowest BCUT2D eigenvalue weighted by Crippen LogP contribution is -2.33. The standard InChI is InChI=1S/C15H17Cl2N3O4S/c1-4-8(2)12(14-19-20-15(24-14)25(3,22)23)18-13(21)10-6-5-9(16)7-11(10)17/h5-8,12H,4H2,1-3H3,(H,18,21)/t8-,12+/m1/s1. The van der Waals surface area contributed by atoms with Gasteiger partial charge in [-0.05, 0) is 24.1 Å². The van der Waals surface area contributed by atoms with Crippen molar-refractivity contribution in [2.24, 2.45) is 5.92 Å². The van der Waals surface area contributed by atoms with Crippen molar-refractivity contribution >= 4 is 38.9 Å². The fourth-order valence-electron chi connectivity index (χ4n) is 2.07. The van der Waals surface area contributed by atoms with E-state index in [1.807, 2.05) is 13.8 Å². The molecule has 1 N–H and O–H groups in total. The van der Waals surface area contributed by atoms with Gasteiger partial charge in [0.15, 0.2) is 0 Å². The molecule has 0 spiro atoms. The molecule has 0 bridgehead atoms. The molecular weight excluding hydrogens is 389 g/mol. The number of halogens is 2. The Morgan fingerprint density at radius 1 is 1.32 bits per heavy atom. The van der Waals surface area contributed by atoms with E-state index in [1.54, 1.807) is 6.07 Å². The van der Waals surface area contributed by atoms with Crippen LogP contribution in [0.5, 0.6) is 0 Å². The fourth-order valence-corrected chi connectivity index (χ4v) is 2.99. The third-order valence-corrected chi connectivity index (χ3v) is 5.03. The molecule has 0 aliphatic heterocycles. The van der Waals surface area contributed by atoms with Crippen molar-refractivity contribution in [3.8, 4) is 0 Å². The minimum Gasteiger partial charge on any atom is -0.410 e. The molecule has 0 unspecified atom stereocenters. The van der Waals surface area contributed by atoms with Gasteiger partial charge in [-0.3, -0.25) is 4.79 Å². The van der Waals surface area contributed by atoms with Crippen molar-refractivity contribution in [1.29, 1.82) is 0 Å². The summed E-state index contributed by atoms with van der Waals surface area (Å²) in [5, 5.41) is 10.2. The molecule has 0 fully saturated rings. The molecule has 2 aromatic rings. The summed E-state index contributed by atoms with van der Waals surface area (Å²) in [6.07, 6.45) is 1.66. The molecule has 1 aromatic heterocycles. The highest BCUT2D eigenvalue weighted by Gasteiger charge is 2.28. The van der Waals surface area contributed by atoms with Gasteiger partial charge >= 0.3 is 5.22 Å². The largest absolute Gasteiger partial charge is 0.410 e. The fraction of sp³-hybridized carbons (Fsp3) is 0.400. The smallest absolute Gasteiger partial charge is 0.335 e. The van der Waals surface area contributed by atoms with Gasteiger partial charge in [0.1, 0.15) is 6.04 Å². The van der Waals surface area contributed by atoms with Gasteiger partial charge in [0.25, 0.3) is 5.91 Å². The first kappa shape index (κ1) is 19.7. The summed E-state index contributed by atoms with van der Waals surface area (Å²) < 4.78 is 28.3. The lowest BCUT2D eigenvalue weighted by Gasteiger charge is -2.21. The van der Waals surface area contributed by atoms with E-state index in [9.17, 15) is 13.2 Å². The average molecular weight is 406 g/mol. The molecule has 7 nitrogen and oxygen atoms in total. The molecule has 0 radical (unpaired) electrons. The molecule has 0 saturated heterocycles. The molecule has 136 valence electrons. The van der Waals surface area contributed by atoms with Crippen LogP contribution in [0.25, 0.3) is 0 Å². The van der Waals surface area contributed by atoms with Crippen molar-refractivity contribution in [1.82, 2.24) is 15.5 Å². The Bertz CT molecular complexity index is 883. The summed E-state index contributed by atoms with van der Waals surface area (Å²) >= 11 is 11.9. The average Bonchev–Trinajstić information content (AvgIpc) is 3.01. The van der Waals surface area contributed by atoms with E-state index in [0.29, 0.717) is 11.4 Å². The number of carbonyl (C=O) groups excluding carboxylic acids is 1. The van der Waals surface area contributed by atoms with Crippen molar-refractivity contribution in [3.05, 3.63) is 39.7 Å². The van der Waals surface area contributed by atoms with Gasteiger partial charge in [0.05, 0.1) is 10.6 Å². The van der Waals surface area contributed by atoms with Crippen LogP contribution in [0.1, 0.15) is 42.6 Å². The Hall–Kier alpha value is -1.64. The minimum absolute atomic E-state index is 0.0215. The lowest BCUT2D eigenvalue weighted by atomic mass is 9.98. The molecule has 1 amide bonds. The number of hydrogen-bond donors (Lipinski definition) is 1. The Kier molecular flexibility index (Phi) is 6.08. The molecule has 2 rings (SSSR count). The third kappa shape index (κ3) is 4.71. The first-order valence-corrected chi connectivity index (χ1v) is 10.1. The normalized spacial score (nSPS) is 14.1. The second-order valence-corrected chi connectivity index (χ2v) is 8.38. The lowest BCUT2D eigenvalue weighted by molar-refractivity contribution is 0.0911. The summed E-state index contributed by atoms with van der Waals surface area (Å²) in [7, 11) is -3.63. The first-order chi connectivity index (χ1) is 11.6. The number of rotatable bonds is 6. The zero-order chi connectivity index (χ0) is 18.8. The van der Waals surface area contributed by atoms with Crippen molar-refractivity contribution < 1.29 is 17.6 Å². The van der Waals surface area contributed by atoms with Crippen LogP contribution in [0.15, 0.2) is 27.8 Å². The van der Waals surface area contributed by atoms with Crippen molar-refractivity contribution in [2.75, 3.05) is 6.26 Å². The summed E-state index contributed by atoms with van der Waals surface area (Å²) in [5.74, 6) is -0.512. The summed E-state index contributed by atoms with van der Waals surface area (Å²) in [6, 6.07) is 3.86. The molecule has 0 aliphatic rings. The number of amides is 1. The van der Waals surface area contributed by atoms with Crippen LogP contribution in [0.3, 0.4) is 0 Å². The van der Waals surface area contributed by atoms with E-state index in [0.717, 1.165) is 6.26 Å². The monoisotopic (exact) mass is 405 g/mol. The van der Waals surface area contributed by atoms with Crippen LogP contribution in [-0.4, -0.2) is 30.8 Å². The molecule has 10 heteroatoms. The number of sulfone groups is 1. The van der Waals surface area contributed by atoms with E-state index in [1.165, 1.54) is 12.1 Å². The zero-order valence-corrected chi connectivity index (χ0v) is 16.1. The Morgan fingerprint density at radius 2 is 2.00 bits per heavy atom. The van der Waals surface area contributed by atoms with E-state index >= 15 is 0 Å². The summed E-state index contributed by atoms with van der Waals surface area (Å²) in [5.41, 5.74) is 0.238. The third-order valence-electron chi connectivity index (χ3n) is 3.68. The van der Waals surface area contributed by atoms with E-state index in [4.69, 9.17) is 27.6 Å². The molecule has 0 aliphatic carbocycles. The van der Waals surface area contributed by atoms with Gasteiger partial charge in [0, 0.05) is 11.3 Å². The molecule has 2 atom stereocenters. The predicted octanol–water partition coefficient (Wildman–Crippen LogP) is 3.30. The van der Waals surface area contributed by atoms with Gasteiger partial charge in [-0.1, -0.05) is 48.6 Å². The Morgan fingerprint density at radius 3 is 2.52 bits per heavy atom. The maximum atomic E-state index is 12.5. The Labute approximate surface area is 155 Å². The van der Waals surface area contributed by atoms with Crippen LogP contribution in [0.2, 0.25) is 10.0 Å². The van der Waals surface area contributed by atoms with Gasteiger partial charge in [0.2, 0.25) is 15.7 Å². The summed E-state index contributed by atoms with van der Waals surface area (Å²) in [4.78, 5) is 12.5. The maximum Gasteiger partial charge on any atom is 0.335 e. The SMILES string of the molecule is CC[C@@H](C)[C@H](NC(=O)c1ccc(Cl)cc1Cl)c1nnc(S(C)(=O)=O)o1. The van der Waals surface area contributed by atoms with Crippen LogP contribution in [0, 0.1) is 5.92 Å². The van der Waals surface area contributed by atoms with E-state index in [-0.39, 0.29) is 22.4 Å². The number of nitrogens with zero attached hydrogens (tertiary/aromatic N) is 2. The van der Waals surface area contributed by atoms with Crippen LogP contribution >= 0.6 is 23.2 Å². The molecule has 1 aromatic carbocycles. The van der Waals surface area contributed by atoms with Crippen LogP contribution in [0.4, 0.5) is 0 Å². The second kappa shape index (κ2) is 7.72. The number of carbonyl (C=O) groups is 1. The number of benzene rings is 1. The zero-order valence-electron chi connectivity index (χ0n) is 13.8. The Balaban J connectivity index is 2.32.